The van der Waals surface area contributed by atoms with Crippen molar-refractivity contribution < 1.29 is 22.7 Å². The number of nitrogens with one attached hydrogen (secondary N) is 1. The molecule has 0 saturated heterocycles. The predicted molar refractivity (Wildman–Crippen MR) is 153 cm³/mol. The lowest BCUT2D eigenvalue weighted by molar-refractivity contribution is -0.139. The summed E-state index contributed by atoms with van der Waals surface area (Å²) in [4.78, 5) is 28.5. The zero-order chi connectivity index (χ0) is 28.4. The second-order valence-corrected chi connectivity index (χ2v) is 11.2. The van der Waals surface area contributed by atoms with E-state index in [2.05, 4.69) is 5.32 Å². The topological polar surface area (TPSA) is 96.0 Å². The van der Waals surface area contributed by atoms with Crippen molar-refractivity contribution in [3.63, 3.8) is 0 Å². The fraction of sp³-hybridized carbons (Fsp3) is 0.333. The molecule has 0 saturated carbocycles. The van der Waals surface area contributed by atoms with E-state index in [1.54, 1.807) is 49.4 Å². The van der Waals surface area contributed by atoms with Gasteiger partial charge < -0.3 is 15.0 Å². The van der Waals surface area contributed by atoms with Gasteiger partial charge in [-0.25, -0.2) is 8.42 Å². The molecular formula is C30H37N3O5S. The van der Waals surface area contributed by atoms with Crippen LogP contribution in [0.3, 0.4) is 0 Å². The zero-order valence-corrected chi connectivity index (χ0v) is 23.7. The van der Waals surface area contributed by atoms with Gasteiger partial charge in [0, 0.05) is 12.6 Å². The van der Waals surface area contributed by atoms with Crippen LogP contribution in [-0.4, -0.2) is 57.4 Å². The lowest BCUT2D eigenvalue weighted by Crippen LogP contribution is -2.53. The maximum Gasteiger partial charge on any atom is 0.264 e. The summed E-state index contributed by atoms with van der Waals surface area (Å²) in [5, 5.41) is 2.94. The van der Waals surface area contributed by atoms with Gasteiger partial charge >= 0.3 is 0 Å². The highest BCUT2D eigenvalue weighted by Gasteiger charge is 2.33. The molecule has 2 unspecified atom stereocenters. The van der Waals surface area contributed by atoms with Gasteiger partial charge in [0.15, 0.2) is 0 Å². The van der Waals surface area contributed by atoms with Gasteiger partial charge in [0.2, 0.25) is 11.8 Å². The van der Waals surface area contributed by atoms with Gasteiger partial charge in [-0.2, -0.15) is 0 Å². The van der Waals surface area contributed by atoms with Crippen molar-refractivity contribution in [1.29, 1.82) is 0 Å². The van der Waals surface area contributed by atoms with E-state index in [9.17, 15) is 18.0 Å². The molecule has 0 bridgehead atoms. The molecule has 3 aromatic rings. The molecule has 3 aromatic carbocycles. The normalized spacial score (nSPS) is 12.7. The highest BCUT2D eigenvalue weighted by atomic mass is 32.2. The van der Waals surface area contributed by atoms with Crippen molar-refractivity contribution in [2.24, 2.45) is 0 Å². The largest absolute Gasteiger partial charge is 0.495 e. The average Bonchev–Trinajstić information content (AvgIpc) is 2.96. The summed E-state index contributed by atoms with van der Waals surface area (Å²) in [6.07, 6.45) is 1.25. The first-order valence-corrected chi connectivity index (χ1v) is 14.5. The number of carbonyl (C=O) groups excluding carboxylic acids is 2. The van der Waals surface area contributed by atoms with E-state index in [1.807, 2.05) is 44.2 Å². The molecule has 1 N–H and O–H groups in total. The van der Waals surface area contributed by atoms with E-state index < -0.39 is 28.5 Å². The second-order valence-electron chi connectivity index (χ2n) is 9.31. The number of sulfonamides is 1. The van der Waals surface area contributed by atoms with Gasteiger partial charge in [-0.1, -0.05) is 67.6 Å². The molecule has 8 nitrogen and oxygen atoms in total. The van der Waals surface area contributed by atoms with Crippen LogP contribution in [-0.2, 0) is 26.0 Å². The Morgan fingerprint density at radius 3 is 2.10 bits per heavy atom. The number of amides is 2. The maximum atomic E-state index is 13.9. The molecule has 0 aliphatic heterocycles. The molecule has 3 rings (SSSR count). The molecule has 0 radical (unpaired) electrons. The summed E-state index contributed by atoms with van der Waals surface area (Å²) in [7, 11) is -2.70. The number of ether oxygens (including phenoxy) is 1. The van der Waals surface area contributed by atoms with E-state index in [0.717, 1.165) is 16.3 Å². The smallest absolute Gasteiger partial charge is 0.264 e. The van der Waals surface area contributed by atoms with E-state index >= 15 is 0 Å². The van der Waals surface area contributed by atoms with E-state index in [1.165, 1.54) is 24.1 Å². The van der Waals surface area contributed by atoms with Crippen LogP contribution in [0, 0.1) is 0 Å². The first-order chi connectivity index (χ1) is 18.7. The Hall–Kier alpha value is -3.85. The molecule has 0 aliphatic carbocycles. The monoisotopic (exact) mass is 551 g/mol. The Morgan fingerprint density at radius 1 is 0.897 bits per heavy atom. The molecule has 0 heterocycles. The second kappa shape index (κ2) is 13.8. The number of methoxy groups -OCH3 is 1. The maximum absolute atomic E-state index is 13.9. The highest BCUT2D eigenvalue weighted by Crippen LogP contribution is 2.32. The van der Waals surface area contributed by atoms with Gasteiger partial charge in [0.1, 0.15) is 18.3 Å². The molecule has 0 aromatic heterocycles. The third-order valence-electron chi connectivity index (χ3n) is 6.62. The minimum atomic E-state index is -4.15. The summed E-state index contributed by atoms with van der Waals surface area (Å²) < 4.78 is 34.2. The van der Waals surface area contributed by atoms with Gasteiger partial charge in [-0.05, 0) is 56.5 Å². The van der Waals surface area contributed by atoms with Crippen molar-refractivity contribution in [3.05, 3.63) is 90.5 Å². The number of anilines is 1. The third-order valence-corrected chi connectivity index (χ3v) is 8.39. The Kier molecular flexibility index (Phi) is 10.5. The molecule has 0 fully saturated rings. The SMILES string of the molecule is CCC(C)NC(=O)C(C)N(CCc1ccccc1)C(=O)CN(c1ccccc1OC)S(=O)(=O)c1ccccc1. The first-order valence-electron chi connectivity index (χ1n) is 13.0. The third kappa shape index (κ3) is 7.60. The predicted octanol–water partition coefficient (Wildman–Crippen LogP) is 4.27. The zero-order valence-electron chi connectivity index (χ0n) is 22.9. The average molecular weight is 552 g/mol. The fourth-order valence-electron chi connectivity index (χ4n) is 4.10. The molecular weight excluding hydrogens is 514 g/mol. The molecule has 9 heteroatoms. The van der Waals surface area contributed by atoms with Gasteiger partial charge in [0.25, 0.3) is 10.0 Å². The highest BCUT2D eigenvalue weighted by molar-refractivity contribution is 7.92. The van der Waals surface area contributed by atoms with Crippen LogP contribution in [0.5, 0.6) is 5.75 Å². The molecule has 2 atom stereocenters. The quantitative estimate of drug-likeness (QED) is 0.342. The summed E-state index contributed by atoms with van der Waals surface area (Å²) >= 11 is 0. The molecule has 208 valence electrons. The van der Waals surface area contributed by atoms with Gasteiger partial charge in [-0.15, -0.1) is 0 Å². The molecule has 0 spiro atoms. The number of para-hydroxylation sites is 2. The molecule has 0 aliphatic rings. The lowest BCUT2D eigenvalue weighted by Gasteiger charge is -2.32. The van der Waals surface area contributed by atoms with Crippen LogP contribution in [0.2, 0.25) is 0 Å². The van der Waals surface area contributed by atoms with Crippen LogP contribution in [0.4, 0.5) is 5.69 Å². The van der Waals surface area contributed by atoms with Crippen molar-refractivity contribution in [3.8, 4) is 5.75 Å². The van der Waals surface area contributed by atoms with Gasteiger partial charge in [0.05, 0.1) is 17.7 Å². The van der Waals surface area contributed by atoms with Gasteiger partial charge in [-0.3, -0.25) is 13.9 Å². The van der Waals surface area contributed by atoms with Crippen LogP contribution in [0.1, 0.15) is 32.8 Å². The molecule has 2 amide bonds. The minimum Gasteiger partial charge on any atom is -0.495 e. The van der Waals surface area contributed by atoms with Crippen LogP contribution in [0.15, 0.2) is 89.8 Å². The number of hydrogen-bond donors (Lipinski definition) is 1. The van der Waals surface area contributed by atoms with Crippen molar-refractivity contribution in [1.82, 2.24) is 10.2 Å². The van der Waals surface area contributed by atoms with E-state index in [0.29, 0.717) is 12.2 Å². The van der Waals surface area contributed by atoms with Crippen LogP contribution < -0.4 is 14.4 Å². The Bertz CT molecular complexity index is 1330. The van der Waals surface area contributed by atoms with Crippen LogP contribution in [0.25, 0.3) is 0 Å². The number of carbonyl (C=O) groups is 2. The summed E-state index contributed by atoms with van der Waals surface area (Å²) in [5.41, 5.74) is 1.24. The standard InChI is InChI=1S/C30H37N3O5S/c1-5-23(2)31-30(35)24(3)32(21-20-25-14-8-6-9-15-25)29(34)22-33(27-18-12-13-19-28(27)38-4)39(36,37)26-16-10-7-11-17-26/h6-19,23-24H,5,20-22H2,1-4H3,(H,31,35). The number of nitrogens with zero attached hydrogens (tertiary/aromatic N) is 2. The van der Waals surface area contributed by atoms with Crippen LogP contribution >= 0.6 is 0 Å². The fourth-order valence-corrected chi connectivity index (χ4v) is 5.55. The van der Waals surface area contributed by atoms with Crippen molar-refractivity contribution in [2.75, 3.05) is 24.5 Å². The summed E-state index contributed by atoms with van der Waals surface area (Å²) in [6.45, 7) is 5.26. The Labute approximate surface area is 231 Å². The lowest BCUT2D eigenvalue weighted by atomic mass is 10.1. The number of rotatable bonds is 13. The van der Waals surface area contributed by atoms with Crippen molar-refractivity contribution >= 4 is 27.5 Å². The van der Waals surface area contributed by atoms with Crippen molar-refractivity contribution in [2.45, 2.75) is 50.6 Å². The number of benzene rings is 3. The Balaban J connectivity index is 1.99. The first kappa shape index (κ1) is 29.7. The summed E-state index contributed by atoms with van der Waals surface area (Å²) in [6, 6.07) is 23.4. The van der Waals surface area contributed by atoms with E-state index in [-0.39, 0.29) is 29.1 Å². The van der Waals surface area contributed by atoms with E-state index in [4.69, 9.17) is 4.74 Å². The Morgan fingerprint density at radius 2 is 1.49 bits per heavy atom. The number of hydrogen-bond acceptors (Lipinski definition) is 5. The minimum absolute atomic E-state index is 0.0436. The molecule has 39 heavy (non-hydrogen) atoms. The summed E-state index contributed by atoms with van der Waals surface area (Å²) in [5.74, 6) is -0.480.